The second kappa shape index (κ2) is 7.10. The summed E-state index contributed by atoms with van der Waals surface area (Å²) in [7, 11) is 0. The van der Waals surface area contributed by atoms with E-state index >= 15 is 0 Å². The van der Waals surface area contributed by atoms with E-state index in [9.17, 15) is 8.78 Å². The first kappa shape index (κ1) is 14.6. The fourth-order valence-corrected chi connectivity index (χ4v) is 3.06. The minimum Gasteiger partial charge on any atom is -0.207 e. The van der Waals surface area contributed by atoms with Crippen LogP contribution in [0.15, 0.2) is 18.2 Å². The zero-order valence-electron chi connectivity index (χ0n) is 10.3. The van der Waals surface area contributed by atoms with Gasteiger partial charge in [-0.15, -0.1) is 0 Å². The van der Waals surface area contributed by atoms with Gasteiger partial charge in [-0.1, -0.05) is 48.7 Å². The number of benzene rings is 1. The minimum atomic E-state index is -0.520. The molecule has 96 valence electrons. The lowest BCUT2D eigenvalue weighted by atomic mass is 9.91. The topological polar surface area (TPSA) is 0 Å². The van der Waals surface area contributed by atoms with E-state index in [1.165, 1.54) is 6.07 Å². The summed E-state index contributed by atoms with van der Waals surface area (Å²) in [6.45, 7) is 4.26. The van der Waals surface area contributed by atoms with E-state index in [2.05, 4.69) is 29.8 Å². The van der Waals surface area contributed by atoms with Crippen molar-refractivity contribution in [2.75, 3.05) is 0 Å². The standard InChI is InChI=1S/C14H19BrF2/c1-3-5-10(6-4-2)14(15)12-8-7-11(16)9-13(12)17/h7-10,14H,3-6H2,1-2H3. The first-order valence-electron chi connectivity index (χ1n) is 6.19. The van der Waals surface area contributed by atoms with Gasteiger partial charge in [0.25, 0.3) is 0 Å². The molecule has 1 rings (SSSR count). The largest absolute Gasteiger partial charge is 0.207 e. The zero-order valence-corrected chi connectivity index (χ0v) is 11.9. The van der Waals surface area contributed by atoms with E-state index in [1.807, 2.05) is 0 Å². The highest BCUT2D eigenvalue weighted by atomic mass is 79.9. The van der Waals surface area contributed by atoms with Crippen molar-refractivity contribution in [3.63, 3.8) is 0 Å². The molecule has 0 saturated heterocycles. The molecule has 0 aliphatic heterocycles. The van der Waals surface area contributed by atoms with E-state index in [-0.39, 0.29) is 4.83 Å². The zero-order chi connectivity index (χ0) is 12.8. The smallest absolute Gasteiger partial charge is 0.130 e. The predicted octanol–water partition coefficient (Wildman–Crippen LogP) is 5.62. The fourth-order valence-electron chi connectivity index (χ4n) is 2.16. The molecule has 1 atom stereocenters. The van der Waals surface area contributed by atoms with Crippen molar-refractivity contribution in [1.29, 1.82) is 0 Å². The molecule has 3 heteroatoms. The fraction of sp³-hybridized carbons (Fsp3) is 0.571. The Morgan fingerprint density at radius 2 is 1.71 bits per heavy atom. The third kappa shape index (κ3) is 4.06. The molecule has 1 aromatic rings. The van der Waals surface area contributed by atoms with Crippen LogP contribution in [0.25, 0.3) is 0 Å². The Hall–Kier alpha value is -0.440. The SMILES string of the molecule is CCCC(CCC)C(Br)c1ccc(F)cc1F. The predicted molar refractivity (Wildman–Crippen MR) is 71.3 cm³/mol. The lowest BCUT2D eigenvalue weighted by Crippen LogP contribution is -2.09. The van der Waals surface area contributed by atoms with E-state index < -0.39 is 11.6 Å². The van der Waals surface area contributed by atoms with E-state index in [4.69, 9.17) is 0 Å². The quantitative estimate of drug-likeness (QED) is 0.599. The Bertz CT molecular complexity index is 346. The highest BCUT2D eigenvalue weighted by Crippen LogP contribution is 2.37. The molecule has 0 radical (unpaired) electrons. The number of alkyl halides is 1. The number of hydrogen-bond acceptors (Lipinski definition) is 0. The van der Waals surface area contributed by atoms with Crippen LogP contribution in [0.4, 0.5) is 8.78 Å². The summed E-state index contributed by atoms with van der Waals surface area (Å²) < 4.78 is 26.5. The molecule has 0 aliphatic rings. The molecular weight excluding hydrogens is 286 g/mol. The van der Waals surface area contributed by atoms with Crippen molar-refractivity contribution < 1.29 is 8.78 Å². The van der Waals surface area contributed by atoms with Crippen molar-refractivity contribution in [2.45, 2.75) is 44.4 Å². The van der Waals surface area contributed by atoms with Crippen LogP contribution in [-0.4, -0.2) is 0 Å². The van der Waals surface area contributed by atoms with Crippen LogP contribution in [0.3, 0.4) is 0 Å². The van der Waals surface area contributed by atoms with Crippen molar-refractivity contribution in [3.8, 4) is 0 Å². The third-order valence-corrected chi connectivity index (χ3v) is 4.23. The highest BCUT2D eigenvalue weighted by Gasteiger charge is 2.22. The molecule has 0 aliphatic carbocycles. The monoisotopic (exact) mass is 304 g/mol. The second-order valence-corrected chi connectivity index (χ2v) is 5.39. The summed E-state index contributed by atoms with van der Waals surface area (Å²) in [5.74, 6) is -0.567. The van der Waals surface area contributed by atoms with Crippen molar-refractivity contribution >= 4 is 15.9 Å². The maximum Gasteiger partial charge on any atom is 0.130 e. The third-order valence-electron chi connectivity index (χ3n) is 2.99. The maximum absolute atomic E-state index is 13.7. The molecule has 0 saturated carbocycles. The van der Waals surface area contributed by atoms with Gasteiger partial charge in [0.1, 0.15) is 11.6 Å². The van der Waals surface area contributed by atoms with Gasteiger partial charge in [-0.05, 0) is 24.8 Å². The van der Waals surface area contributed by atoms with Gasteiger partial charge >= 0.3 is 0 Å². The molecule has 0 nitrogen and oxygen atoms in total. The molecule has 0 bridgehead atoms. The summed E-state index contributed by atoms with van der Waals surface area (Å²) >= 11 is 3.57. The lowest BCUT2D eigenvalue weighted by molar-refractivity contribution is 0.426. The summed E-state index contributed by atoms with van der Waals surface area (Å²) in [6.07, 6.45) is 4.27. The van der Waals surface area contributed by atoms with Crippen LogP contribution in [0.5, 0.6) is 0 Å². The van der Waals surface area contributed by atoms with Crippen LogP contribution < -0.4 is 0 Å². The van der Waals surface area contributed by atoms with Gasteiger partial charge < -0.3 is 0 Å². The summed E-state index contributed by atoms with van der Waals surface area (Å²) in [4.78, 5) is -0.0250. The summed E-state index contributed by atoms with van der Waals surface area (Å²) in [5, 5.41) is 0. The first-order chi connectivity index (χ1) is 8.10. The Balaban J connectivity index is 2.88. The van der Waals surface area contributed by atoms with Gasteiger partial charge in [0.2, 0.25) is 0 Å². The van der Waals surface area contributed by atoms with Gasteiger partial charge in [0.05, 0.1) is 0 Å². The van der Waals surface area contributed by atoms with Crippen LogP contribution in [0.2, 0.25) is 0 Å². The Labute approximate surface area is 111 Å². The van der Waals surface area contributed by atoms with Gasteiger partial charge in [0, 0.05) is 16.5 Å². The van der Waals surface area contributed by atoms with Crippen molar-refractivity contribution in [1.82, 2.24) is 0 Å². The molecular formula is C14H19BrF2. The van der Waals surface area contributed by atoms with Gasteiger partial charge in [0.15, 0.2) is 0 Å². The number of hydrogen-bond donors (Lipinski definition) is 0. The van der Waals surface area contributed by atoms with Crippen molar-refractivity contribution in [2.24, 2.45) is 5.92 Å². The molecule has 1 aromatic carbocycles. The van der Waals surface area contributed by atoms with E-state index in [1.54, 1.807) is 6.07 Å². The van der Waals surface area contributed by atoms with Gasteiger partial charge in [-0.25, -0.2) is 8.78 Å². The van der Waals surface area contributed by atoms with E-state index in [0.717, 1.165) is 31.7 Å². The summed E-state index contributed by atoms with van der Waals surface area (Å²) in [6, 6.07) is 3.82. The van der Waals surface area contributed by atoms with E-state index in [0.29, 0.717) is 11.5 Å². The lowest BCUT2D eigenvalue weighted by Gasteiger charge is -2.22. The molecule has 0 fully saturated rings. The summed E-state index contributed by atoms with van der Waals surface area (Å²) in [5.41, 5.74) is 0.568. The molecule has 0 aromatic heterocycles. The average Bonchev–Trinajstić information content (AvgIpc) is 2.28. The van der Waals surface area contributed by atoms with Gasteiger partial charge in [-0.2, -0.15) is 0 Å². The second-order valence-electron chi connectivity index (χ2n) is 4.41. The van der Waals surface area contributed by atoms with Crippen LogP contribution in [0.1, 0.15) is 49.9 Å². The van der Waals surface area contributed by atoms with Crippen LogP contribution in [0, 0.1) is 17.6 Å². The Morgan fingerprint density at radius 1 is 1.12 bits per heavy atom. The number of rotatable bonds is 6. The van der Waals surface area contributed by atoms with Crippen LogP contribution >= 0.6 is 15.9 Å². The Kier molecular flexibility index (Phi) is 6.10. The molecule has 0 heterocycles. The molecule has 1 unspecified atom stereocenters. The van der Waals surface area contributed by atoms with Crippen molar-refractivity contribution in [3.05, 3.63) is 35.4 Å². The normalized spacial score (nSPS) is 13.1. The molecule has 0 spiro atoms. The minimum absolute atomic E-state index is 0.0250. The maximum atomic E-state index is 13.7. The first-order valence-corrected chi connectivity index (χ1v) is 7.10. The molecule has 0 N–H and O–H groups in total. The van der Waals surface area contributed by atoms with Crippen LogP contribution in [-0.2, 0) is 0 Å². The number of halogens is 3. The Morgan fingerprint density at radius 3 is 2.18 bits per heavy atom. The molecule has 17 heavy (non-hydrogen) atoms. The molecule has 0 amide bonds. The average molecular weight is 305 g/mol. The highest BCUT2D eigenvalue weighted by molar-refractivity contribution is 9.09. The van der Waals surface area contributed by atoms with Gasteiger partial charge in [-0.3, -0.25) is 0 Å².